The molecular formula is C16H16N4OS. The van der Waals surface area contributed by atoms with E-state index in [0.717, 1.165) is 34.7 Å². The summed E-state index contributed by atoms with van der Waals surface area (Å²) in [4.78, 5) is 11.7. The fourth-order valence-corrected chi connectivity index (χ4v) is 4.17. The average Bonchev–Trinajstić information content (AvgIpc) is 3.13. The van der Waals surface area contributed by atoms with Gasteiger partial charge in [0.25, 0.3) is 0 Å². The number of nitrogens with one attached hydrogen (secondary N) is 1. The van der Waals surface area contributed by atoms with E-state index in [-0.39, 0.29) is 0 Å². The number of anilines is 1. The maximum Gasteiger partial charge on any atom is 0.158 e. The van der Waals surface area contributed by atoms with Crippen LogP contribution in [0.15, 0.2) is 27.9 Å². The van der Waals surface area contributed by atoms with Crippen LogP contribution in [-0.2, 0) is 12.8 Å². The third-order valence-corrected chi connectivity index (χ3v) is 5.02. The van der Waals surface area contributed by atoms with E-state index in [0.29, 0.717) is 5.76 Å². The molecule has 6 heteroatoms. The number of thiophene rings is 1. The molecule has 1 aliphatic carbocycles. The highest BCUT2D eigenvalue weighted by Crippen LogP contribution is 2.38. The summed E-state index contributed by atoms with van der Waals surface area (Å²) in [5, 5.41) is 5.39. The Kier molecular flexibility index (Phi) is 3.38. The van der Waals surface area contributed by atoms with E-state index in [1.165, 1.54) is 23.3 Å². The highest BCUT2D eigenvalue weighted by molar-refractivity contribution is 7.19. The predicted molar refractivity (Wildman–Crippen MR) is 88.7 cm³/mol. The molecule has 0 radical (unpaired) electrons. The van der Waals surface area contributed by atoms with Gasteiger partial charge in [-0.3, -0.25) is 5.43 Å². The lowest BCUT2D eigenvalue weighted by Gasteiger charge is -2.11. The van der Waals surface area contributed by atoms with Crippen molar-refractivity contribution in [3.05, 3.63) is 40.4 Å². The van der Waals surface area contributed by atoms with E-state index in [1.807, 2.05) is 19.1 Å². The van der Waals surface area contributed by atoms with E-state index >= 15 is 0 Å². The first-order valence-corrected chi connectivity index (χ1v) is 8.24. The fraction of sp³-hybridized carbons (Fsp3) is 0.312. The van der Waals surface area contributed by atoms with Crippen molar-refractivity contribution in [2.45, 2.75) is 32.6 Å². The van der Waals surface area contributed by atoms with Crippen LogP contribution in [0.1, 0.15) is 34.9 Å². The second-order valence-corrected chi connectivity index (χ2v) is 6.48. The lowest BCUT2D eigenvalue weighted by atomic mass is 9.97. The van der Waals surface area contributed by atoms with Gasteiger partial charge in [-0.1, -0.05) is 0 Å². The molecule has 1 N–H and O–H groups in total. The molecule has 0 saturated carbocycles. The summed E-state index contributed by atoms with van der Waals surface area (Å²) in [6.07, 6.45) is 8.06. The quantitative estimate of drug-likeness (QED) is 0.588. The van der Waals surface area contributed by atoms with Crippen LogP contribution in [0.4, 0.5) is 5.82 Å². The number of rotatable bonds is 3. The second kappa shape index (κ2) is 5.53. The molecule has 0 aliphatic heterocycles. The van der Waals surface area contributed by atoms with Crippen LogP contribution in [0.2, 0.25) is 0 Å². The first-order chi connectivity index (χ1) is 10.8. The van der Waals surface area contributed by atoms with Gasteiger partial charge in [0, 0.05) is 4.88 Å². The molecule has 5 nitrogen and oxygen atoms in total. The molecule has 0 spiro atoms. The van der Waals surface area contributed by atoms with Crippen molar-refractivity contribution in [3.63, 3.8) is 0 Å². The number of nitrogens with zero attached hydrogens (tertiary/aromatic N) is 3. The second-order valence-electron chi connectivity index (χ2n) is 5.40. The molecule has 3 aromatic heterocycles. The molecule has 0 aromatic carbocycles. The smallest absolute Gasteiger partial charge is 0.158 e. The minimum absolute atomic E-state index is 0.710. The van der Waals surface area contributed by atoms with E-state index in [4.69, 9.17) is 4.42 Å². The van der Waals surface area contributed by atoms with Crippen LogP contribution < -0.4 is 5.43 Å². The largest absolute Gasteiger partial charge is 0.463 e. The molecule has 0 saturated heterocycles. The van der Waals surface area contributed by atoms with E-state index in [2.05, 4.69) is 20.5 Å². The van der Waals surface area contributed by atoms with E-state index in [9.17, 15) is 0 Å². The monoisotopic (exact) mass is 312 g/mol. The Morgan fingerprint density at radius 1 is 1.32 bits per heavy atom. The summed E-state index contributed by atoms with van der Waals surface area (Å²) in [6.45, 7) is 1.92. The summed E-state index contributed by atoms with van der Waals surface area (Å²) in [7, 11) is 0. The molecule has 3 aromatic rings. The van der Waals surface area contributed by atoms with Gasteiger partial charge in [-0.2, -0.15) is 5.10 Å². The van der Waals surface area contributed by atoms with Crippen molar-refractivity contribution in [3.8, 4) is 0 Å². The highest BCUT2D eigenvalue weighted by atomic mass is 32.1. The molecule has 0 atom stereocenters. The Morgan fingerprint density at radius 3 is 3.09 bits per heavy atom. The summed E-state index contributed by atoms with van der Waals surface area (Å²) in [5.41, 5.74) is 4.47. The summed E-state index contributed by atoms with van der Waals surface area (Å²) < 4.78 is 5.24. The van der Waals surface area contributed by atoms with Gasteiger partial charge in [0.05, 0.1) is 17.9 Å². The molecule has 112 valence electrons. The number of hydrazone groups is 1. The lowest BCUT2D eigenvalue weighted by Crippen LogP contribution is -2.02. The van der Waals surface area contributed by atoms with Gasteiger partial charge < -0.3 is 4.42 Å². The average molecular weight is 312 g/mol. The number of aromatic nitrogens is 2. The number of aryl methyl sites for hydroxylation is 3. The molecular weight excluding hydrogens is 296 g/mol. The van der Waals surface area contributed by atoms with Crippen molar-refractivity contribution in [2.24, 2.45) is 5.10 Å². The summed E-state index contributed by atoms with van der Waals surface area (Å²) in [5.74, 6) is 2.27. The number of hydrogen-bond acceptors (Lipinski definition) is 6. The standard InChI is InChI=1S/C16H16N4OS/c1-10-18-15(20-17-9-11-5-4-8-21-11)14-12-6-2-3-7-13(12)22-16(14)19-10/h4-5,8-9H,2-3,6-7H2,1H3,(H,18,19,20). The zero-order valence-electron chi connectivity index (χ0n) is 12.3. The molecule has 22 heavy (non-hydrogen) atoms. The van der Waals surface area contributed by atoms with Crippen molar-refractivity contribution in [2.75, 3.05) is 5.43 Å². The van der Waals surface area contributed by atoms with E-state index in [1.54, 1.807) is 23.8 Å². The van der Waals surface area contributed by atoms with Crippen molar-refractivity contribution in [1.29, 1.82) is 0 Å². The van der Waals surface area contributed by atoms with Crippen LogP contribution in [0.5, 0.6) is 0 Å². The Balaban J connectivity index is 1.74. The van der Waals surface area contributed by atoms with Gasteiger partial charge in [0.1, 0.15) is 16.4 Å². The van der Waals surface area contributed by atoms with Gasteiger partial charge in [-0.05, 0) is 50.3 Å². The predicted octanol–water partition coefficient (Wildman–Crippen LogP) is 3.92. The minimum Gasteiger partial charge on any atom is -0.463 e. The Bertz CT molecular complexity index is 836. The lowest BCUT2D eigenvalue weighted by molar-refractivity contribution is 0.560. The minimum atomic E-state index is 0.710. The Hall–Kier alpha value is -2.21. The fourth-order valence-electron chi connectivity index (χ4n) is 2.87. The maximum absolute atomic E-state index is 5.24. The van der Waals surface area contributed by atoms with Crippen LogP contribution in [0, 0.1) is 6.92 Å². The van der Waals surface area contributed by atoms with Crippen LogP contribution in [-0.4, -0.2) is 16.2 Å². The molecule has 3 heterocycles. The van der Waals surface area contributed by atoms with E-state index < -0.39 is 0 Å². The third kappa shape index (κ3) is 2.39. The number of furan rings is 1. The molecule has 0 amide bonds. The summed E-state index contributed by atoms with van der Waals surface area (Å²) >= 11 is 1.80. The third-order valence-electron chi connectivity index (χ3n) is 3.83. The van der Waals surface area contributed by atoms with Gasteiger partial charge in [-0.25, -0.2) is 9.97 Å². The topological polar surface area (TPSA) is 63.3 Å². The SMILES string of the molecule is Cc1nc(NN=Cc2ccco2)c2c3c(sc2n1)CCCC3. The molecule has 0 fully saturated rings. The highest BCUT2D eigenvalue weighted by Gasteiger charge is 2.20. The molecule has 1 aliphatic rings. The van der Waals surface area contributed by atoms with Crippen LogP contribution in [0.25, 0.3) is 10.2 Å². The van der Waals surface area contributed by atoms with Crippen LogP contribution >= 0.6 is 11.3 Å². The summed E-state index contributed by atoms with van der Waals surface area (Å²) in [6, 6.07) is 3.70. The van der Waals surface area contributed by atoms with Crippen molar-refractivity contribution >= 4 is 33.6 Å². The molecule has 4 rings (SSSR count). The maximum atomic E-state index is 5.24. The number of fused-ring (bicyclic) bond motifs is 3. The zero-order valence-corrected chi connectivity index (χ0v) is 13.1. The van der Waals surface area contributed by atoms with Crippen LogP contribution in [0.3, 0.4) is 0 Å². The normalized spacial score (nSPS) is 14.6. The first-order valence-electron chi connectivity index (χ1n) is 7.43. The molecule has 0 unspecified atom stereocenters. The Labute approximate surface area is 132 Å². The van der Waals surface area contributed by atoms with Gasteiger partial charge in [0.15, 0.2) is 5.82 Å². The first kappa shape index (κ1) is 13.5. The van der Waals surface area contributed by atoms with Gasteiger partial charge >= 0.3 is 0 Å². The van der Waals surface area contributed by atoms with Crippen molar-refractivity contribution in [1.82, 2.24) is 9.97 Å². The zero-order chi connectivity index (χ0) is 14.9. The van der Waals surface area contributed by atoms with Gasteiger partial charge in [0.2, 0.25) is 0 Å². The van der Waals surface area contributed by atoms with Crippen molar-refractivity contribution < 1.29 is 4.42 Å². The Morgan fingerprint density at radius 2 is 2.23 bits per heavy atom. The van der Waals surface area contributed by atoms with Gasteiger partial charge in [-0.15, -0.1) is 11.3 Å². The molecule has 0 bridgehead atoms. The number of hydrogen-bond donors (Lipinski definition) is 1.